The van der Waals surface area contributed by atoms with E-state index in [0.29, 0.717) is 18.2 Å². The van der Waals surface area contributed by atoms with Crippen molar-refractivity contribution in [2.24, 2.45) is 0 Å². The first-order valence-corrected chi connectivity index (χ1v) is 13.9. The average Bonchev–Trinajstić information content (AvgIpc) is 3.30. The molecule has 4 aromatic rings. The van der Waals surface area contributed by atoms with Gasteiger partial charge in [0.05, 0.1) is 31.3 Å². The van der Waals surface area contributed by atoms with Gasteiger partial charge in [0.2, 0.25) is 16.0 Å². The van der Waals surface area contributed by atoms with Crippen LogP contribution in [0.25, 0.3) is 11.0 Å². The van der Waals surface area contributed by atoms with Crippen molar-refractivity contribution in [2.75, 3.05) is 61.1 Å². The molecule has 194 valence electrons. The third-order valence-electron chi connectivity index (χ3n) is 6.56. The van der Waals surface area contributed by atoms with Crippen LogP contribution < -0.4 is 24.6 Å². The van der Waals surface area contributed by atoms with Crippen molar-refractivity contribution >= 4 is 44.1 Å². The molecule has 0 atom stereocenters. The summed E-state index contributed by atoms with van der Waals surface area (Å²) in [7, 11) is -0.142. The van der Waals surface area contributed by atoms with Gasteiger partial charge in [-0.05, 0) is 29.8 Å². The molecule has 2 aromatic heterocycles. The summed E-state index contributed by atoms with van der Waals surface area (Å²) in [6, 6.07) is 15.4. The van der Waals surface area contributed by atoms with Crippen molar-refractivity contribution in [3.8, 4) is 5.75 Å². The van der Waals surface area contributed by atoms with Gasteiger partial charge in [-0.3, -0.25) is 4.31 Å². The topological polar surface area (TPSA) is 105 Å². The average molecular weight is 522 g/mol. The fraction of sp³-hybridized carbons (Fsp3) is 0.308. The van der Waals surface area contributed by atoms with Crippen LogP contribution in [-0.4, -0.2) is 69.5 Å². The number of hydrogen-bond donors (Lipinski definition) is 2. The minimum absolute atomic E-state index is 0.462. The quantitative estimate of drug-likeness (QED) is 0.365. The molecule has 0 bridgehead atoms. The van der Waals surface area contributed by atoms with Gasteiger partial charge < -0.3 is 24.8 Å². The zero-order chi connectivity index (χ0) is 26.0. The molecule has 11 heteroatoms. The summed E-state index contributed by atoms with van der Waals surface area (Å²) >= 11 is 0. The van der Waals surface area contributed by atoms with E-state index in [4.69, 9.17) is 9.72 Å². The molecule has 0 unspecified atom stereocenters. The van der Waals surface area contributed by atoms with E-state index >= 15 is 0 Å². The smallest absolute Gasteiger partial charge is 0.232 e. The number of nitrogens with one attached hydrogen (secondary N) is 2. The number of methoxy groups -OCH3 is 1. The molecule has 5 rings (SSSR count). The summed E-state index contributed by atoms with van der Waals surface area (Å²) in [5, 5.41) is 7.56. The van der Waals surface area contributed by atoms with Crippen LogP contribution in [0.5, 0.6) is 5.75 Å². The fourth-order valence-electron chi connectivity index (χ4n) is 4.52. The third-order valence-corrected chi connectivity index (χ3v) is 7.76. The highest BCUT2D eigenvalue weighted by Crippen LogP contribution is 2.32. The van der Waals surface area contributed by atoms with Crippen molar-refractivity contribution < 1.29 is 13.2 Å². The Labute approximate surface area is 216 Å². The predicted molar refractivity (Wildman–Crippen MR) is 148 cm³/mol. The number of nitrogens with zero attached hydrogens (tertiary/aromatic N) is 5. The summed E-state index contributed by atoms with van der Waals surface area (Å²) < 4.78 is 33.3. The molecule has 1 aliphatic heterocycles. The second-order valence-electron chi connectivity index (χ2n) is 9.02. The van der Waals surface area contributed by atoms with E-state index in [1.807, 2.05) is 53.2 Å². The van der Waals surface area contributed by atoms with Gasteiger partial charge >= 0.3 is 0 Å². The summed E-state index contributed by atoms with van der Waals surface area (Å²) in [5.74, 6) is 1.26. The van der Waals surface area contributed by atoms with E-state index < -0.39 is 10.0 Å². The summed E-state index contributed by atoms with van der Waals surface area (Å²) in [6.45, 7) is 4.23. The van der Waals surface area contributed by atoms with Gasteiger partial charge in [0.1, 0.15) is 11.4 Å². The number of sulfonamides is 1. The Bertz CT molecular complexity index is 1510. The molecule has 0 amide bonds. The molecular formula is C26H31N7O3S. The van der Waals surface area contributed by atoms with E-state index in [9.17, 15) is 8.42 Å². The lowest BCUT2D eigenvalue weighted by molar-refractivity contribution is 0.413. The van der Waals surface area contributed by atoms with Crippen molar-refractivity contribution in [1.29, 1.82) is 0 Å². The third kappa shape index (κ3) is 5.32. The second-order valence-corrected chi connectivity index (χ2v) is 11.0. The maximum atomic E-state index is 12.1. The maximum Gasteiger partial charge on any atom is 0.232 e. The van der Waals surface area contributed by atoms with Gasteiger partial charge in [-0.2, -0.15) is 4.98 Å². The van der Waals surface area contributed by atoms with Crippen molar-refractivity contribution in [3.05, 3.63) is 66.5 Å². The molecule has 1 fully saturated rings. The van der Waals surface area contributed by atoms with Gasteiger partial charge in [-0.1, -0.05) is 18.2 Å². The van der Waals surface area contributed by atoms with Crippen LogP contribution in [0.1, 0.15) is 5.56 Å². The Kier molecular flexibility index (Phi) is 6.90. The minimum atomic E-state index is -3.39. The number of hydrogen-bond acceptors (Lipinski definition) is 8. The molecule has 1 aliphatic rings. The van der Waals surface area contributed by atoms with E-state index in [2.05, 4.69) is 26.6 Å². The molecular weight excluding hydrogens is 490 g/mol. The van der Waals surface area contributed by atoms with Crippen LogP contribution in [0.15, 0.2) is 60.9 Å². The molecule has 0 aliphatic carbocycles. The Balaban J connectivity index is 1.41. The molecule has 2 aromatic carbocycles. The SMILES string of the molecule is COc1cc(Nc2ncc3ccn(Cc4ccccc4N(C)S(C)(=O)=O)c3n2)ccc1N1CCNCC1. The summed E-state index contributed by atoms with van der Waals surface area (Å²) in [5.41, 5.74) is 4.15. The lowest BCUT2D eigenvalue weighted by Gasteiger charge is -2.30. The number of para-hydroxylation sites is 1. The number of fused-ring (bicyclic) bond motifs is 1. The van der Waals surface area contributed by atoms with Crippen LogP contribution in [0.3, 0.4) is 0 Å². The second kappa shape index (κ2) is 10.3. The Hall–Kier alpha value is -3.83. The number of aromatic nitrogens is 3. The van der Waals surface area contributed by atoms with Crippen LogP contribution in [0.2, 0.25) is 0 Å². The lowest BCUT2D eigenvalue weighted by atomic mass is 10.2. The maximum absolute atomic E-state index is 12.1. The predicted octanol–water partition coefficient (Wildman–Crippen LogP) is 3.04. The van der Waals surface area contributed by atoms with E-state index in [1.165, 1.54) is 10.6 Å². The zero-order valence-electron chi connectivity index (χ0n) is 21.2. The van der Waals surface area contributed by atoms with Gasteiger partial charge in [0, 0.05) is 62.8 Å². The summed E-state index contributed by atoms with van der Waals surface area (Å²) in [6.07, 6.45) is 4.92. The molecule has 37 heavy (non-hydrogen) atoms. The molecule has 3 heterocycles. The van der Waals surface area contributed by atoms with E-state index in [0.717, 1.165) is 59.9 Å². The Morgan fingerprint density at radius 1 is 1.14 bits per heavy atom. The van der Waals surface area contributed by atoms with Crippen molar-refractivity contribution in [1.82, 2.24) is 19.9 Å². The fourth-order valence-corrected chi connectivity index (χ4v) is 5.06. The zero-order valence-corrected chi connectivity index (χ0v) is 22.0. The number of anilines is 4. The number of rotatable bonds is 8. The standard InChI is InChI=1S/C26H31N7O3S/c1-31(37(3,34)35)22-7-5-4-6-20(22)18-33-13-10-19-17-28-26(30-25(19)33)29-21-8-9-23(24(16-21)36-2)32-14-11-27-12-15-32/h4-10,13,16-17,27H,11-12,14-15,18H2,1-3H3,(H,28,29,30). The lowest BCUT2D eigenvalue weighted by Crippen LogP contribution is -2.43. The van der Waals surface area contributed by atoms with Crippen molar-refractivity contribution in [2.45, 2.75) is 6.54 Å². The highest BCUT2D eigenvalue weighted by atomic mass is 32.2. The monoisotopic (exact) mass is 521 g/mol. The summed E-state index contributed by atoms with van der Waals surface area (Å²) in [4.78, 5) is 11.6. The Morgan fingerprint density at radius 3 is 2.68 bits per heavy atom. The minimum Gasteiger partial charge on any atom is -0.495 e. The largest absolute Gasteiger partial charge is 0.495 e. The first-order chi connectivity index (χ1) is 17.8. The first-order valence-electron chi connectivity index (χ1n) is 12.1. The number of benzene rings is 2. The molecule has 0 radical (unpaired) electrons. The normalized spacial score (nSPS) is 14.1. The molecule has 0 saturated carbocycles. The van der Waals surface area contributed by atoms with Crippen molar-refractivity contribution in [3.63, 3.8) is 0 Å². The van der Waals surface area contributed by atoms with Gasteiger partial charge in [-0.15, -0.1) is 0 Å². The van der Waals surface area contributed by atoms with Gasteiger partial charge in [0.25, 0.3) is 0 Å². The number of piperazine rings is 1. The van der Waals surface area contributed by atoms with E-state index in [-0.39, 0.29) is 0 Å². The van der Waals surface area contributed by atoms with Crippen LogP contribution >= 0.6 is 0 Å². The van der Waals surface area contributed by atoms with Crippen LogP contribution in [0.4, 0.5) is 23.0 Å². The number of ether oxygens (including phenoxy) is 1. The van der Waals surface area contributed by atoms with E-state index in [1.54, 1.807) is 20.4 Å². The van der Waals surface area contributed by atoms with Gasteiger partial charge in [-0.25, -0.2) is 13.4 Å². The molecule has 0 spiro atoms. The van der Waals surface area contributed by atoms with Crippen LogP contribution in [-0.2, 0) is 16.6 Å². The Morgan fingerprint density at radius 2 is 1.92 bits per heavy atom. The van der Waals surface area contributed by atoms with Crippen LogP contribution in [0, 0.1) is 0 Å². The highest BCUT2D eigenvalue weighted by Gasteiger charge is 2.18. The molecule has 10 nitrogen and oxygen atoms in total. The molecule has 2 N–H and O–H groups in total. The molecule has 1 saturated heterocycles. The highest BCUT2D eigenvalue weighted by molar-refractivity contribution is 7.92. The van der Waals surface area contributed by atoms with Gasteiger partial charge in [0.15, 0.2) is 0 Å². The first kappa shape index (κ1) is 24.8.